The van der Waals surface area contributed by atoms with Crippen molar-refractivity contribution in [3.8, 4) is 0 Å². The molecule has 2 saturated heterocycles. The molecule has 5 heteroatoms. The molecule has 0 bridgehead atoms. The van der Waals surface area contributed by atoms with E-state index in [4.69, 9.17) is 4.74 Å². The van der Waals surface area contributed by atoms with E-state index in [1.165, 1.54) is 58.4 Å². The van der Waals surface area contributed by atoms with E-state index in [2.05, 4.69) is 29.0 Å². The van der Waals surface area contributed by atoms with Crippen LogP contribution in [0.4, 0.5) is 0 Å². The Bertz CT molecular complexity index is 263. The normalized spacial score (nSPS) is 22.0. The van der Waals surface area contributed by atoms with Crippen LogP contribution in [0.5, 0.6) is 0 Å². The smallest absolute Gasteiger partial charge is 0.0600 e. The first-order valence-corrected chi connectivity index (χ1v) is 9.08. The minimum absolute atomic E-state index is 0. The van der Waals surface area contributed by atoms with Crippen LogP contribution in [0.1, 0.15) is 39.5 Å². The van der Waals surface area contributed by atoms with Gasteiger partial charge in [0.25, 0.3) is 0 Å². The highest BCUT2D eigenvalue weighted by Crippen LogP contribution is 2.18. The summed E-state index contributed by atoms with van der Waals surface area (Å²) in [5.74, 6) is 0.923. The number of piperidine rings is 2. The fraction of sp³-hybridized carbons (Fsp3) is 1.00. The highest BCUT2D eigenvalue weighted by Gasteiger charge is 2.22. The molecule has 0 aliphatic carbocycles. The van der Waals surface area contributed by atoms with E-state index in [-0.39, 0.29) is 12.4 Å². The average Bonchev–Trinajstić information content (AvgIpc) is 2.54. The van der Waals surface area contributed by atoms with E-state index in [0.717, 1.165) is 32.2 Å². The first-order valence-electron chi connectivity index (χ1n) is 9.08. The Morgan fingerprint density at radius 1 is 1.05 bits per heavy atom. The molecule has 0 saturated carbocycles. The van der Waals surface area contributed by atoms with Crippen LogP contribution in [0.25, 0.3) is 0 Å². The predicted molar refractivity (Wildman–Crippen MR) is 96.0 cm³/mol. The third kappa shape index (κ3) is 7.14. The summed E-state index contributed by atoms with van der Waals surface area (Å²) in [6.45, 7) is 14.9. The standard InChI is InChI=1S/C17H35N3O.ClH/c1-3-19(4-2)13-14-21-17-7-11-20(12-8-17)15-16-5-9-18-10-6-16;/h16-18H,3-15H2,1-2H3;1H. The van der Waals surface area contributed by atoms with E-state index in [1.54, 1.807) is 0 Å². The van der Waals surface area contributed by atoms with Gasteiger partial charge in [0.2, 0.25) is 0 Å². The van der Waals surface area contributed by atoms with Crippen LogP contribution >= 0.6 is 12.4 Å². The van der Waals surface area contributed by atoms with Gasteiger partial charge in [-0.25, -0.2) is 0 Å². The summed E-state index contributed by atoms with van der Waals surface area (Å²) in [4.78, 5) is 5.10. The maximum Gasteiger partial charge on any atom is 0.0600 e. The first-order chi connectivity index (χ1) is 10.3. The SMILES string of the molecule is CCN(CC)CCOC1CCN(CC2CCNCC2)CC1.Cl. The lowest BCUT2D eigenvalue weighted by Gasteiger charge is -2.35. The Balaban J connectivity index is 0.00000242. The fourth-order valence-electron chi connectivity index (χ4n) is 3.58. The van der Waals surface area contributed by atoms with Gasteiger partial charge in [-0.2, -0.15) is 0 Å². The Kier molecular flexibility index (Phi) is 10.7. The number of hydrogen-bond donors (Lipinski definition) is 1. The van der Waals surface area contributed by atoms with Crippen molar-refractivity contribution < 1.29 is 4.74 Å². The quantitative estimate of drug-likeness (QED) is 0.737. The number of halogens is 1. The number of hydrogen-bond acceptors (Lipinski definition) is 4. The van der Waals surface area contributed by atoms with Gasteiger partial charge in [-0.3, -0.25) is 0 Å². The third-order valence-corrected chi connectivity index (χ3v) is 5.17. The Hall–Kier alpha value is 0.130. The molecule has 0 unspecified atom stereocenters. The molecule has 0 spiro atoms. The van der Waals surface area contributed by atoms with Gasteiger partial charge in [0, 0.05) is 26.2 Å². The fourth-order valence-corrected chi connectivity index (χ4v) is 3.58. The molecule has 0 amide bonds. The van der Waals surface area contributed by atoms with Crippen molar-refractivity contribution in [2.45, 2.75) is 45.6 Å². The largest absolute Gasteiger partial charge is 0.377 e. The lowest BCUT2D eigenvalue weighted by atomic mass is 9.96. The van der Waals surface area contributed by atoms with Crippen molar-refractivity contribution in [2.75, 3.05) is 59.0 Å². The van der Waals surface area contributed by atoms with Crippen LogP contribution in [0.3, 0.4) is 0 Å². The molecule has 0 atom stereocenters. The summed E-state index contributed by atoms with van der Waals surface area (Å²) in [6.07, 6.45) is 5.68. The maximum absolute atomic E-state index is 6.08. The second-order valence-corrected chi connectivity index (χ2v) is 6.59. The predicted octanol–water partition coefficient (Wildman–Crippen LogP) is 2.23. The highest BCUT2D eigenvalue weighted by atomic mass is 35.5. The summed E-state index contributed by atoms with van der Waals surface area (Å²) in [6, 6.07) is 0. The van der Waals surface area contributed by atoms with E-state index < -0.39 is 0 Å². The highest BCUT2D eigenvalue weighted by molar-refractivity contribution is 5.85. The van der Waals surface area contributed by atoms with Crippen LogP contribution < -0.4 is 5.32 Å². The van der Waals surface area contributed by atoms with Gasteiger partial charge < -0.3 is 19.9 Å². The topological polar surface area (TPSA) is 27.7 Å². The van der Waals surface area contributed by atoms with Crippen molar-refractivity contribution in [1.29, 1.82) is 0 Å². The number of ether oxygens (including phenoxy) is 1. The number of rotatable bonds is 8. The molecule has 2 fully saturated rings. The minimum Gasteiger partial charge on any atom is -0.377 e. The zero-order valence-electron chi connectivity index (χ0n) is 14.6. The van der Waals surface area contributed by atoms with Gasteiger partial charge in [0.15, 0.2) is 0 Å². The van der Waals surface area contributed by atoms with E-state index >= 15 is 0 Å². The number of nitrogens with zero attached hydrogens (tertiary/aromatic N) is 2. The van der Waals surface area contributed by atoms with Crippen LogP contribution in [-0.4, -0.2) is 74.9 Å². The van der Waals surface area contributed by atoms with Crippen molar-refractivity contribution >= 4 is 12.4 Å². The van der Waals surface area contributed by atoms with Gasteiger partial charge in [-0.15, -0.1) is 12.4 Å². The van der Waals surface area contributed by atoms with Crippen molar-refractivity contribution in [2.24, 2.45) is 5.92 Å². The van der Waals surface area contributed by atoms with Gasteiger partial charge in [-0.1, -0.05) is 13.8 Å². The van der Waals surface area contributed by atoms with E-state index in [1.807, 2.05) is 0 Å². The lowest BCUT2D eigenvalue weighted by molar-refractivity contribution is -0.00403. The summed E-state index contributed by atoms with van der Waals surface area (Å²) in [7, 11) is 0. The third-order valence-electron chi connectivity index (χ3n) is 5.17. The molecular formula is C17H36ClN3O. The average molecular weight is 334 g/mol. The van der Waals surface area contributed by atoms with Crippen molar-refractivity contribution in [3.05, 3.63) is 0 Å². The summed E-state index contributed by atoms with van der Waals surface area (Å²) < 4.78 is 6.08. The molecule has 0 radical (unpaired) electrons. The minimum atomic E-state index is 0. The maximum atomic E-state index is 6.08. The Morgan fingerprint density at radius 2 is 1.68 bits per heavy atom. The van der Waals surface area contributed by atoms with E-state index in [9.17, 15) is 0 Å². The van der Waals surface area contributed by atoms with Crippen molar-refractivity contribution in [1.82, 2.24) is 15.1 Å². The van der Waals surface area contributed by atoms with Crippen LogP contribution in [0.2, 0.25) is 0 Å². The number of nitrogens with one attached hydrogen (secondary N) is 1. The van der Waals surface area contributed by atoms with Crippen LogP contribution in [0.15, 0.2) is 0 Å². The van der Waals surface area contributed by atoms with Gasteiger partial charge in [-0.05, 0) is 57.8 Å². The molecule has 0 aromatic carbocycles. The number of likely N-dealkylation sites (tertiary alicyclic amines) is 1. The summed E-state index contributed by atoms with van der Waals surface area (Å²) >= 11 is 0. The van der Waals surface area contributed by atoms with Crippen molar-refractivity contribution in [3.63, 3.8) is 0 Å². The van der Waals surface area contributed by atoms with Crippen LogP contribution in [-0.2, 0) is 4.74 Å². The zero-order chi connectivity index (χ0) is 14.9. The first kappa shape index (κ1) is 20.2. The Morgan fingerprint density at radius 3 is 2.27 bits per heavy atom. The van der Waals surface area contributed by atoms with E-state index in [0.29, 0.717) is 6.10 Å². The van der Waals surface area contributed by atoms with Crippen LogP contribution in [0, 0.1) is 5.92 Å². The molecule has 2 aliphatic rings. The van der Waals surface area contributed by atoms with Gasteiger partial charge >= 0.3 is 0 Å². The second kappa shape index (κ2) is 11.6. The Labute approximate surface area is 143 Å². The molecule has 0 aromatic rings. The molecule has 2 heterocycles. The molecule has 4 nitrogen and oxygen atoms in total. The van der Waals surface area contributed by atoms with Gasteiger partial charge in [0.1, 0.15) is 0 Å². The molecule has 0 aromatic heterocycles. The molecule has 22 heavy (non-hydrogen) atoms. The molecule has 132 valence electrons. The van der Waals surface area contributed by atoms with Gasteiger partial charge in [0.05, 0.1) is 12.7 Å². The molecule has 1 N–H and O–H groups in total. The second-order valence-electron chi connectivity index (χ2n) is 6.59. The monoisotopic (exact) mass is 333 g/mol. The molecular weight excluding hydrogens is 298 g/mol. The lowest BCUT2D eigenvalue weighted by Crippen LogP contribution is -2.42. The number of likely N-dealkylation sites (N-methyl/N-ethyl adjacent to an activating group) is 1. The summed E-state index contributed by atoms with van der Waals surface area (Å²) in [5, 5.41) is 3.46. The molecule has 2 rings (SSSR count). The summed E-state index contributed by atoms with van der Waals surface area (Å²) in [5.41, 5.74) is 0. The molecule has 2 aliphatic heterocycles. The zero-order valence-corrected chi connectivity index (χ0v) is 15.4.